The zero-order chi connectivity index (χ0) is 15.4. The highest BCUT2D eigenvalue weighted by molar-refractivity contribution is 6.30. The Kier molecular flexibility index (Phi) is 4.79. The molecule has 1 aromatic carbocycles. The van der Waals surface area contributed by atoms with Crippen molar-refractivity contribution in [3.8, 4) is 0 Å². The fourth-order valence-electron chi connectivity index (χ4n) is 3.47. The molecular weight excluding hydrogens is 298 g/mol. The van der Waals surface area contributed by atoms with E-state index in [1.54, 1.807) is 11.0 Å². The van der Waals surface area contributed by atoms with Gasteiger partial charge in [-0.05, 0) is 42.9 Å². The lowest BCUT2D eigenvalue weighted by Gasteiger charge is -2.35. The summed E-state index contributed by atoms with van der Waals surface area (Å²) >= 11 is 5.96. The van der Waals surface area contributed by atoms with E-state index in [4.69, 9.17) is 11.6 Å². The maximum absolute atomic E-state index is 11.3. The molecule has 0 radical (unpaired) electrons. The van der Waals surface area contributed by atoms with Gasteiger partial charge >= 0.3 is 0 Å². The van der Waals surface area contributed by atoms with Crippen molar-refractivity contribution in [1.29, 1.82) is 0 Å². The van der Waals surface area contributed by atoms with Crippen LogP contribution in [0.15, 0.2) is 36.9 Å². The first-order chi connectivity index (χ1) is 10.7. The number of halogens is 1. The summed E-state index contributed by atoms with van der Waals surface area (Å²) in [6.07, 6.45) is 9.40. The molecule has 0 bridgehead atoms. The van der Waals surface area contributed by atoms with E-state index in [0.717, 1.165) is 30.7 Å². The van der Waals surface area contributed by atoms with Crippen LogP contribution in [0.25, 0.3) is 0 Å². The van der Waals surface area contributed by atoms with E-state index in [0.29, 0.717) is 6.54 Å². The van der Waals surface area contributed by atoms with Gasteiger partial charge in [0, 0.05) is 5.02 Å². The molecule has 5 heteroatoms. The first kappa shape index (κ1) is 15.5. The summed E-state index contributed by atoms with van der Waals surface area (Å²) in [5, 5.41) is 16.2. The van der Waals surface area contributed by atoms with E-state index in [1.165, 1.54) is 24.7 Å². The number of hydrogen-bond acceptors (Lipinski definition) is 3. The van der Waals surface area contributed by atoms with Crippen LogP contribution in [0.1, 0.15) is 37.7 Å². The summed E-state index contributed by atoms with van der Waals surface area (Å²) in [7, 11) is 0. The van der Waals surface area contributed by atoms with Gasteiger partial charge in [-0.2, -0.15) is 5.10 Å². The smallest absolute Gasteiger partial charge is 0.137 e. The molecule has 1 aromatic heterocycles. The third-order valence-corrected chi connectivity index (χ3v) is 4.97. The van der Waals surface area contributed by atoms with Gasteiger partial charge in [0.1, 0.15) is 12.7 Å². The van der Waals surface area contributed by atoms with Crippen molar-refractivity contribution < 1.29 is 5.11 Å². The quantitative estimate of drug-likeness (QED) is 0.878. The van der Waals surface area contributed by atoms with Crippen molar-refractivity contribution in [2.24, 2.45) is 5.92 Å². The molecule has 1 heterocycles. The Hall–Kier alpha value is -1.39. The molecule has 1 N–H and O–H groups in total. The maximum Gasteiger partial charge on any atom is 0.137 e. The molecule has 22 heavy (non-hydrogen) atoms. The van der Waals surface area contributed by atoms with E-state index in [2.05, 4.69) is 22.2 Å². The number of rotatable bonds is 4. The lowest BCUT2D eigenvalue weighted by Crippen LogP contribution is -2.42. The van der Waals surface area contributed by atoms with Gasteiger partial charge in [0.05, 0.1) is 12.1 Å². The Labute approximate surface area is 136 Å². The molecular formula is C17H22ClN3O. The molecule has 1 fully saturated rings. The summed E-state index contributed by atoms with van der Waals surface area (Å²) in [5.74, 6) is 0.236. The van der Waals surface area contributed by atoms with E-state index in [-0.39, 0.29) is 5.92 Å². The van der Waals surface area contributed by atoms with E-state index >= 15 is 0 Å². The Morgan fingerprint density at radius 3 is 2.77 bits per heavy atom. The molecule has 0 aliphatic heterocycles. The molecule has 2 atom stereocenters. The average molecular weight is 320 g/mol. The van der Waals surface area contributed by atoms with Gasteiger partial charge in [0.25, 0.3) is 0 Å². The molecule has 4 nitrogen and oxygen atoms in total. The Morgan fingerprint density at radius 1 is 1.23 bits per heavy atom. The average Bonchev–Trinajstić information content (AvgIpc) is 2.93. The predicted molar refractivity (Wildman–Crippen MR) is 86.7 cm³/mol. The van der Waals surface area contributed by atoms with Crippen molar-refractivity contribution in [2.75, 3.05) is 0 Å². The molecule has 0 amide bonds. The molecule has 2 aromatic rings. The first-order valence-corrected chi connectivity index (χ1v) is 8.33. The highest BCUT2D eigenvalue weighted by Crippen LogP contribution is 2.36. The largest absolute Gasteiger partial charge is 0.388 e. The van der Waals surface area contributed by atoms with Crippen molar-refractivity contribution in [2.45, 2.75) is 50.7 Å². The lowest BCUT2D eigenvalue weighted by atomic mass is 9.79. The molecule has 1 aliphatic carbocycles. The second-order valence-electron chi connectivity index (χ2n) is 6.32. The first-order valence-electron chi connectivity index (χ1n) is 7.95. The van der Waals surface area contributed by atoms with Crippen molar-refractivity contribution in [3.05, 3.63) is 47.5 Å². The molecule has 0 unspecified atom stereocenters. The van der Waals surface area contributed by atoms with Gasteiger partial charge in [-0.15, -0.1) is 0 Å². The summed E-state index contributed by atoms with van der Waals surface area (Å²) in [4.78, 5) is 3.99. The van der Waals surface area contributed by atoms with Crippen LogP contribution >= 0.6 is 11.6 Å². The van der Waals surface area contributed by atoms with Gasteiger partial charge in [0.15, 0.2) is 0 Å². The minimum absolute atomic E-state index is 0.236. The van der Waals surface area contributed by atoms with Crippen LogP contribution in [-0.2, 0) is 13.0 Å². The number of benzene rings is 1. The number of nitrogens with zero attached hydrogens (tertiary/aromatic N) is 3. The summed E-state index contributed by atoms with van der Waals surface area (Å²) < 4.78 is 1.75. The van der Waals surface area contributed by atoms with Gasteiger partial charge in [0.2, 0.25) is 0 Å². The summed E-state index contributed by atoms with van der Waals surface area (Å²) in [5.41, 5.74) is 0.512. The third kappa shape index (κ3) is 3.68. The monoisotopic (exact) mass is 319 g/mol. The molecule has 3 rings (SSSR count). The number of aromatic nitrogens is 3. The fraction of sp³-hybridized carbons (Fsp3) is 0.529. The standard InChI is InChI=1S/C17H22ClN3O/c18-16-7-5-14(6-8-16)10-15-4-2-1-3-9-17(15,22)11-21-13-19-12-20-21/h5-8,12-13,15,22H,1-4,9-11H2/t15-,17+/m1/s1. The lowest BCUT2D eigenvalue weighted by molar-refractivity contribution is -0.0421. The Bertz CT molecular complexity index is 584. The Morgan fingerprint density at radius 2 is 2.05 bits per heavy atom. The van der Waals surface area contributed by atoms with Crippen molar-refractivity contribution >= 4 is 11.6 Å². The molecule has 1 aliphatic rings. The van der Waals surface area contributed by atoms with Crippen LogP contribution in [-0.4, -0.2) is 25.5 Å². The highest BCUT2D eigenvalue weighted by Gasteiger charge is 2.38. The van der Waals surface area contributed by atoms with E-state index in [1.807, 2.05) is 12.1 Å². The topological polar surface area (TPSA) is 50.9 Å². The predicted octanol–water partition coefficient (Wildman–Crippen LogP) is 3.49. The van der Waals surface area contributed by atoms with Gasteiger partial charge in [-0.3, -0.25) is 4.68 Å². The second-order valence-corrected chi connectivity index (χ2v) is 6.76. The van der Waals surface area contributed by atoms with Crippen LogP contribution in [0.5, 0.6) is 0 Å². The minimum atomic E-state index is -0.718. The summed E-state index contributed by atoms with van der Waals surface area (Å²) in [6.45, 7) is 0.519. The van der Waals surface area contributed by atoms with Crippen molar-refractivity contribution in [3.63, 3.8) is 0 Å². The zero-order valence-corrected chi connectivity index (χ0v) is 13.4. The SMILES string of the molecule is O[C@]1(Cn2cncn2)CCCCC[C@@H]1Cc1ccc(Cl)cc1. The van der Waals surface area contributed by atoms with Crippen LogP contribution in [0.3, 0.4) is 0 Å². The number of hydrogen-bond donors (Lipinski definition) is 1. The Balaban J connectivity index is 1.79. The highest BCUT2D eigenvalue weighted by atomic mass is 35.5. The normalized spacial score (nSPS) is 25.8. The van der Waals surface area contributed by atoms with Gasteiger partial charge in [-0.25, -0.2) is 4.98 Å². The molecule has 0 spiro atoms. The molecule has 118 valence electrons. The van der Waals surface area contributed by atoms with Crippen LogP contribution < -0.4 is 0 Å². The number of aliphatic hydroxyl groups is 1. The van der Waals surface area contributed by atoms with Crippen LogP contribution in [0.2, 0.25) is 5.02 Å². The van der Waals surface area contributed by atoms with Crippen LogP contribution in [0.4, 0.5) is 0 Å². The summed E-state index contributed by atoms with van der Waals surface area (Å²) in [6, 6.07) is 7.96. The molecule has 0 saturated heterocycles. The van der Waals surface area contributed by atoms with E-state index in [9.17, 15) is 5.11 Å². The maximum atomic E-state index is 11.3. The van der Waals surface area contributed by atoms with Crippen molar-refractivity contribution in [1.82, 2.24) is 14.8 Å². The van der Waals surface area contributed by atoms with Gasteiger partial charge < -0.3 is 5.11 Å². The second kappa shape index (κ2) is 6.80. The fourth-order valence-corrected chi connectivity index (χ4v) is 3.60. The minimum Gasteiger partial charge on any atom is -0.388 e. The van der Waals surface area contributed by atoms with E-state index < -0.39 is 5.60 Å². The van der Waals surface area contributed by atoms with Crippen LogP contribution in [0, 0.1) is 5.92 Å². The molecule has 1 saturated carbocycles. The zero-order valence-electron chi connectivity index (χ0n) is 12.7. The third-order valence-electron chi connectivity index (χ3n) is 4.72. The van der Waals surface area contributed by atoms with Gasteiger partial charge in [-0.1, -0.05) is 43.0 Å².